The lowest BCUT2D eigenvalue weighted by Gasteiger charge is -2.12. The summed E-state index contributed by atoms with van der Waals surface area (Å²) in [5.74, 6) is -0.947. The van der Waals surface area contributed by atoms with Gasteiger partial charge in [-0.25, -0.2) is 9.78 Å². The van der Waals surface area contributed by atoms with Crippen molar-refractivity contribution in [3.8, 4) is 0 Å². The first-order valence-corrected chi connectivity index (χ1v) is 7.04. The van der Waals surface area contributed by atoms with E-state index in [-0.39, 0.29) is 11.5 Å². The van der Waals surface area contributed by atoms with Crippen LogP contribution in [0.2, 0.25) is 0 Å². The van der Waals surface area contributed by atoms with Crippen LogP contribution < -0.4 is 4.90 Å². The van der Waals surface area contributed by atoms with Crippen LogP contribution in [-0.4, -0.2) is 23.2 Å². The number of carboxylic acid groups (broad SMARTS) is 1. The molecule has 3 rings (SSSR count). The first-order chi connectivity index (χ1) is 9.69. The number of hydrogen-bond donors (Lipinski definition) is 1. The van der Waals surface area contributed by atoms with Crippen LogP contribution in [0, 0.1) is 0 Å². The maximum absolute atomic E-state index is 11.2. The van der Waals surface area contributed by atoms with Gasteiger partial charge in [-0.15, -0.1) is 0 Å². The van der Waals surface area contributed by atoms with Crippen molar-refractivity contribution in [2.45, 2.75) is 19.7 Å². The number of fused-ring (bicyclic) bond motifs is 1. The third kappa shape index (κ3) is 2.28. The van der Waals surface area contributed by atoms with Gasteiger partial charge in [0.15, 0.2) is 5.13 Å². The SMILES string of the molecule is COCc1nc(N2Cc3ccccc3C2)sc1C(=O)O. The number of methoxy groups -OCH3 is 1. The number of benzene rings is 1. The molecule has 2 heterocycles. The van der Waals surface area contributed by atoms with Crippen LogP contribution in [-0.2, 0) is 24.4 Å². The van der Waals surface area contributed by atoms with Crippen LogP contribution >= 0.6 is 11.3 Å². The number of nitrogens with zero attached hydrogens (tertiary/aromatic N) is 2. The molecule has 1 aromatic carbocycles. The molecule has 0 fully saturated rings. The van der Waals surface area contributed by atoms with Crippen molar-refractivity contribution in [3.05, 3.63) is 46.0 Å². The largest absolute Gasteiger partial charge is 0.477 e. The van der Waals surface area contributed by atoms with Crippen molar-refractivity contribution in [3.63, 3.8) is 0 Å². The maximum Gasteiger partial charge on any atom is 0.347 e. The number of rotatable bonds is 4. The summed E-state index contributed by atoms with van der Waals surface area (Å²) in [6, 6.07) is 8.22. The quantitative estimate of drug-likeness (QED) is 0.937. The Hall–Kier alpha value is -1.92. The molecule has 0 unspecified atom stereocenters. The van der Waals surface area contributed by atoms with Gasteiger partial charge >= 0.3 is 5.97 Å². The van der Waals surface area contributed by atoms with Gasteiger partial charge in [0.05, 0.1) is 12.3 Å². The lowest BCUT2D eigenvalue weighted by molar-refractivity contribution is 0.0697. The number of anilines is 1. The third-order valence-electron chi connectivity index (χ3n) is 3.27. The fourth-order valence-electron chi connectivity index (χ4n) is 2.34. The minimum Gasteiger partial charge on any atom is -0.477 e. The molecule has 20 heavy (non-hydrogen) atoms. The zero-order valence-electron chi connectivity index (χ0n) is 11.0. The molecule has 0 saturated carbocycles. The van der Waals surface area contributed by atoms with Crippen molar-refractivity contribution in [2.75, 3.05) is 12.0 Å². The fraction of sp³-hybridized carbons (Fsp3) is 0.286. The molecule has 2 aromatic rings. The minimum absolute atomic E-state index is 0.221. The molecule has 104 valence electrons. The minimum atomic E-state index is -0.947. The lowest BCUT2D eigenvalue weighted by atomic mass is 10.1. The number of carbonyl (C=O) groups is 1. The van der Waals surface area contributed by atoms with Crippen LogP contribution in [0.3, 0.4) is 0 Å². The highest BCUT2D eigenvalue weighted by Gasteiger charge is 2.24. The molecule has 0 amide bonds. The Morgan fingerprint density at radius 3 is 2.60 bits per heavy atom. The first-order valence-electron chi connectivity index (χ1n) is 6.22. The average molecular weight is 290 g/mol. The summed E-state index contributed by atoms with van der Waals surface area (Å²) in [5.41, 5.74) is 3.04. The van der Waals surface area contributed by atoms with E-state index in [9.17, 15) is 9.90 Å². The summed E-state index contributed by atoms with van der Waals surface area (Å²) in [7, 11) is 1.54. The van der Waals surface area contributed by atoms with E-state index in [0.29, 0.717) is 5.69 Å². The Morgan fingerprint density at radius 1 is 1.40 bits per heavy atom. The number of thiazole rings is 1. The maximum atomic E-state index is 11.2. The zero-order valence-corrected chi connectivity index (χ0v) is 11.8. The summed E-state index contributed by atoms with van der Waals surface area (Å²) < 4.78 is 5.02. The fourth-order valence-corrected chi connectivity index (χ4v) is 3.25. The van der Waals surface area contributed by atoms with Crippen LogP contribution in [0.25, 0.3) is 0 Å². The summed E-state index contributed by atoms with van der Waals surface area (Å²) >= 11 is 1.21. The summed E-state index contributed by atoms with van der Waals surface area (Å²) in [5, 5.41) is 9.96. The number of aromatic carboxylic acids is 1. The molecule has 1 N–H and O–H groups in total. The highest BCUT2D eigenvalue weighted by molar-refractivity contribution is 7.17. The zero-order chi connectivity index (χ0) is 14.1. The average Bonchev–Trinajstić information content (AvgIpc) is 3.02. The number of hydrogen-bond acceptors (Lipinski definition) is 5. The van der Waals surface area contributed by atoms with Gasteiger partial charge in [-0.05, 0) is 11.1 Å². The molecule has 1 aliphatic heterocycles. The molecular weight excluding hydrogens is 276 g/mol. The topological polar surface area (TPSA) is 62.7 Å². The Kier molecular flexibility index (Phi) is 3.42. The molecule has 5 nitrogen and oxygen atoms in total. The standard InChI is InChI=1S/C14H14N2O3S/c1-19-8-11-12(13(17)18)20-14(15-11)16-6-9-4-2-3-5-10(9)7-16/h2-5H,6-8H2,1H3,(H,17,18). The number of aromatic nitrogens is 1. The van der Waals surface area contributed by atoms with E-state index < -0.39 is 5.97 Å². The highest BCUT2D eigenvalue weighted by Crippen LogP contribution is 2.33. The van der Waals surface area contributed by atoms with E-state index >= 15 is 0 Å². The van der Waals surface area contributed by atoms with E-state index in [1.807, 2.05) is 12.1 Å². The molecule has 6 heteroatoms. The van der Waals surface area contributed by atoms with Crippen molar-refractivity contribution < 1.29 is 14.6 Å². The van der Waals surface area contributed by atoms with Crippen LogP contribution in [0.15, 0.2) is 24.3 Å². The van der Waals surface area contributed by atoms with E-state index in [1.54, 1.807) is 0 Å². The number of ether oxygens (including phenoxy) is 1. The van der Waals surface area contributed by atoms with Crippen molar-refractivity contribution in [1.82, 2.24) is 4.98 Å². The number of carboxylic acids is 1. The van der Waals surface area contributed by atoms with Gasteiger partial charge in [0, 0.05) is 20.2 Å². The second-order valence-corrected chi connectivity index (χ2v) is 5.61. The van der Waals surface area contributed by atoms with Gasteiger partial charge in [0.25, 0.3) is 0 Å². The summed E-state index contributed by atoms with van der Waals surface area (Å²) in [4.78, 5) is 18.0. The molecule has 0 bridgehead atoms. The molecular formula is C14H14N2O3S. The van der Waals surface area contributed by atoms with Crippen molar-refractivity contribution in [1.29, 1.82) is 0 Å². The monoisotopic (exact) mass is 290 g/mol. The predicted molar refractivity (Wildman–Crippen MR) is 76.1 cm³/mol. The smallest absolute Gasteiger partial charge is 0.347 e. The lowest BCUT2D eigenvalue weighted by Crippen LogP contribution is -2.14. The molecule has 0 spiro atoms. The molecule has 0 saturated heterocycles. The molecule has 0 aliphatic carbocycles. The Balaban J connectivity index is 1.89. The highest BCUT2D eigenvalue weighted by atomic mass is 32.1. The van der Waals surface area contributed by atoms with E-state index in [4.69, 9.17) is 4.74 Å². The Labute approximate surface area is 120 Å². The van der Waals surface area contributed by atoms with Gasteiger partial charge in [-0.2, -0.15) is 0 Å². The van der Waals surface area contributed by atoms with Gasteiger partial charge < -0.3 is 14.7 Å². The van der Waals surface area contributed by atoms with Gasteiger partial charge in [-0.3, -0.25) is 0 Å². The van der Waals surface area contributed by atoms with E-state index in [1.165, 1.54) is 29.6 Å². The Bertz CT molecular complexity index is 629. The predicted octanol–water partition coefficient (Wildman–Crippen LogP) is 2.51. The van der Waals surface area contributed by atoms with Crippen molar-refractivity contribution in [2.24, 2.45) is 0 Å². The van der Waals surface area contributed by atoms with Gasteiger partial charge in [-0.1, -0.05) is 35.6 Å². The molecule has 1 aromatic heterocycles. The normalized spacial score (nSPS) is 13.6. The second-order valence-electron chi connectivity index (χ2n) is 4.64. The third-order valence-corrected chi connectivity index (χ3v) is 4.42. The van der Waals surface area contributed by atoms with Crippen molar-refractivity contribution >= 4 is 22.4 Å². The molecule has 0 radical (unpaired) electrons. The van der Waals surface area contributed by atoms with Crippen LogP contribution in [0.5, 0.6) is 0 Å². The summed E-state index contributed by atoms with van der Waals surface area (Å²) in [6.45, 7) is 1.77. The second kappa shape index (κ2) is 5.22. The van der Waals surface area contributed by atoms with Gasteiger partial charge in [0.1, 0.15) is 4.88 Å². The van der Waals surface area contributed by atoms with Crippen LogP contribution in [0.4, 0.5) is 5.13 Å². The molecule has 0 atom stereocenters. The molecule has 1 aliphatic rings. The Morgan fingerprint density at radius 2 is 2.05 bits per heavy atom. The summed E-state index contributed by atoms with van der Waals surface area (Å²) in [6.07, 6.45) is 0. The van der Waals surface area contributed by atoms with Crippen LogP contribution in [0.1, 0.15) is 26.5 Å². The van der Waals surface area contributed by atoms with E-state index in [0.717, 1.165) is 18.2 Å². The van der Waals surface area contributed by atoms with Gasteiger partial charge in [0.2, 0.25) is 0 Å². The van der Waals surface area contributed by atoms with E-state index in [2.05, 4.69) is 22.0 Å². The first kappa shape index (κ1) is 13.1.